The van der Waals surface area contributed by atoms with Gasteiger partial charge in [-0.05, 0) is 43.4 Å². The van der Waals surface area contributed by atoms with Crippen LogP contribution < -0.4 is 10.5 Å². The summed E-state index contributed by atoms with van der Waals surface area (Å²) >= 11 is 0. The van der Waals surface area contributed by atoms with Gasteiger partial charge in [0.2, 0.25) is 5.88 Å². The van der Waals surface area contributed by atoms with Gasteiger partial charge in [0.15, 0.2) is 0 Å². The van der Waals surface area contributed by atoms with Crippen LogP contribution in [0.5, 0.6) is 5.88 Å². The van der Waals surface area contributed by atoms with Crippen molar-refractivity contribution in [3.8, 4) is 5.88 Å². The molecule has 1 aromatic heterocycles. The summed E-state index contributed by atoms with van der Waals surface area (Å²) in [5, 5.41) is 0. The molecule has 2 rings (SSSR count). The van der Waals surface area contributed by atoms with Crippen LogP contribution in [0.15, 0.2) is 12.3 Å². The molecule has 1 fully saturated rings. The van der Waals surface area contributed by atoms with Crippen molar-refractivity contribution in [3.63, 3.8) is 0 Å². The average molecular weight is 192 g/mol. The highest BCUT2D eigenvalue weighted by atomic mass is 16.5. The lowest BCUT2D eigenvalue weighted by molar-refractivity contribution is 0.394. The molecule has 3 nitrogen and oxygen atoms in total. The van der Waals surface area contributed by atoms with Crippen LogP contribution in [0.25, 0.3) is 0 Å². The normalized spacial score (nSPS) is 24.8. The Kier molecular flexibility index (Phi) is 2.42. The van der Waals surface area contributed by atoms with E-state index in [-0.39, 0.29) is 0 Å². The second kappa shape index (κ2) is 3.58. The Bertz CT molecular complexity index is 338. The van der Waals surface area contributed by atoms with Crippen molar-refractivity contribution in [3.05, 3.63) is 23.4 Å². The number of methoxy groups -OCH3 is 1. The molecular formula is C11H16N2O. The number of hydrogen-bond donors (Lipinski definition) is 1. The Labute approximate surface area is 84.3 Å². The van der Waals surface area contributed by atoms with E-state index in [0.717, 1.165) is 18.0 Å². The van der Waals surface area contributed by atoms with E-state index < -0.39 is 0 Å². The van der Waals surface area contributed by atoms with Crippen LogP contribution in [0, 0.1) is 12.8 Å². The maximum atomic E-state index is 5.61. The van der Waals surface area contributed by atoms with E-state index in [1.165, 1.54) is 12.0 Å². The molecule has 1 aliphatic carbocycles. The van der Waals surface area contributed by atoms with Crippen LogP contribution in [-0.4, -0.2) is 18.6 Å². The fraction of sp³-hybridized carbons (Fsp3) is 0.545. The number of aryl methyl sites for hydroxylation is 1. The first-order chi connectivity index (χ1) is 6.76. The lowest BCUT2D eigenvalue weighted by Crippen LogP contribution is -2.02. The monoisotopic (exact) mass is 192 g/mol. The number of nitrogens with two attached hydrogens (primary N) is 1. The van der Waals surface area contributed by atoms with Crippen molar-refractivity contribution in [1.29, 1.82) is 0 Å². The third-order valence-corrected chi connectivity index (χ3v) is 2.90. The molecule has 1 aliphatic rings. The molecule has 0 aromatic carbocycles. The Balaban J connectivity index is 2.17. The maximum absolute atomic E-state index is 5.61. The van der Waals surface area contributed by atoms with Gasteiger partial charge in [-0.2, -0.15) is 0 Å². The number of nitrogens with zero attached hydrogens (tertiary/aromatic N) is 1. The number of hydrogen-bond acceptors (Lipinski definition) is 3. The van der Waals surface area contributed by atoms with E-state index in [1.807, 2.05) is 13.1 Å². The van der Waals surface area contributed by atoms with E-state index >= 15 is 0 Å². The van der Waals surface area contributed by atoms with Gasteiger partial charge < -0.3 is 10.5 Å². The van der Waals surface area contributed by atoms with Gasteiger partial charge in [0.1, 0.15) is 0 Å². The van der Waals surface area contributed by atoms with Crippen molar-refractivity contribution >= 4 is 0 Å². The van der Waals surface area contributed by atoms with Gasteiger partial charge in [-0.3, -0.25) is 0 Å². The van der Waals surface area contributed by atoms with E-state index in [4.69, 9.17) is 10.5 Å². The Morgan fingerprint density at radius 2 is 2.43 bits per heavy atom. The van der Waals surface area contributed by atoms with Crippen LogP contribution in [-0.2, 0) is 0 Å². The average Bonchev–Trinajstić information content (AvgIpc) is 2.96. The summed E-state index contributed by atoms with van der Waals surface area (Å²) in [6, 6.07) is 2.16. The third kappa shape index (κ3) is 1.60. The molecule has 1 heterocycles. The lowest BCUT2D eigenvalue weighted by atomic mass is 10.1. The largest absolute Gasteiger partial charge is 0.481 e. The molecule has 3 heteroatoms. The molecule has 1 aromatic rings. The van der Waals surface area contributed by atoms with Gasteiger partial charge in [-0.1, -0.05) is 0 Å². The van der Waals surface area contributed by atoms with E-state index in [9.17, 15) is 0 Å². The van der Waals surface area contributed by atoms with E-state index in [0.29, 0.717) is 11.8 Å². The second-order valence-electron chi connectivity index (χ2n) is 3.93. The van der Waals surface area contributed by atoms with Crippen LogP contribution >= 0.6 is 0 Å². The van der Waals surface area contributed by atoms with Crippen LogP contribution in [0.2, 0.25) is 0 Å². The fourth-order valence-electron chi connectivity index (χ4n) is 1.92. The van der Waals surface area contributed by atoms with Gasteiger partial charge in [-0.15, -0.1) is 0 Å². The third-order valence-electron chi connectivity index (χ3n) is 2.90. The Morgan fingerprint density at radius 1 is 1.64 bits per heavy atom. The highest BCUT2D eigenvalue weighted by Gasteiger charge is 2.37. The first-order valence-electron chi connectivity index (χ1n) is 4.97. The molecule has 2 atom stereocenters. The number of rotatable bonds is 3. The predicted octanol–water partition coefficient (Wildman–Crippen LogP) is 1.46. The molecule has 0 saturated heterocycles. The molecule has 1 saturated carbocycles. The van der Waals surface area contributed by atoms with Crippen LogP contribution in [0.4, 0.5) is 0 Å². The molecular weight excluding hydrogens is 176 g/mol. The summed E-state index contributed by atoms with van der Waals surface area (Å²) in [6.07, 6.45) is 3.12. The molecule has 0 aliphatic heterocycles. The summed E-state index contributed by atoms with van der Waals surface area (Å²) in [6.45, 7) is 2.81. The number of aromatic nitrogens is 1. The summed E-state index contributed by atoms with van der Waals surface area (Å²) in [7, 11) is 1.65. The molecule has 76 valence electrons. The summed E-state index contributed by atoms with van der Waals surface area (Å²) in [4.78, 5) is 4.26. The molecule has 0 amide bonds. The van der Waals surface area contributed by atoms with Crippen molar-refractivity contribution in [1.82, 2.24) is 4.98 Å². The summed E-state index contributed by atoms with van der Waals surface area (Å²) in [5.74, 6) is 2.03. The standard InChI is InChI=1S/C11H16N2O/c1-7-3-9(6-13-11(7)14-2)10-4-8(10)5-12/h3,6,8,10H,4-5,12H2,1-2H3/t8-,10+/m0/s1. The predicted molar refractivity (Wildman–Crippen MR) is 55.4 cm³/mol. The zero-order chi connectivity index (χ0) is 10.1. The summed E-state index contributed by atoms with van der Waals surface area (Å²) in [5.41, 5.74) is 8.02. The van der Waals surface area contributed by atoms with Crippen molar-refractivity contribution in [2.45, 2.75) is 19.3 Å². The van der Waals surface area contributed by atoms with Crippen LogP contribution in [0.1, 0.15) is 23.5 Å². The maximum Gasteiger partial charge on any atom is 0.215 e. The SMILES string of the molecule is COc1ncc([C@@H]2C[C@H]2CN)cc1C. The van der Waals surface area contributed by atoms with Crippen LogP contribution in [0.3, 0.4) is 0 Å². The van der Waals surface area contributed by atoms with Crippen molar-refractivity contribution in [2.24, 2.45) is 11.7 Å². The van der Waals surface area contributed by atoms with Gasteiger partial charge in [-0.25, -0.2) is 4.98 Å². The van der Waals surface area contributed by atoms with E-state index in [1.54, 1.807) is 7.11 Å². The number of ether oxygens (including phenoxy) is 1. The molecule has 0 bridgehead atoms. The second-order valence-corrected chi connectivity index (χ2v) is 3.93. The van der Waals surface area contributed by atoms with Gasteiger partial charge in [0, 0.05) is 11.8 Å². The zero-order valence-corrected chi connectivity index (χ0v) is 8.66. The first-order valence-corrected chi connectivity index (χ1v) is 4.97. The van der Waals surface area contributed by atoms with Crippen molar-refractivity contribution < 1.29 is 4.74 Å². The zero-order valence-electron chi connectivity index (χ0n) is 8.66. The Hall–Kier alpha value is -1.09. The van der Waals surface area contributed by atoms with Crippen molar-refractivity contribution in [2.75, 3.05) is 13.7 Å². The van der Waals surface area contributed by atoms with Gasteiger partial charge in [0.25, 0.3) is 0 Å². The first kappa shape index (κ1) is 9.46. The minimum Gasteiger partial charge on any atom is -0.481 e. The minimum absolute atomic E-state index is 0.636. The quantitative estimate of drug-likeness (QED) is 0.788. The highest BCUT2D eigenvalue weighted by molar-refractivity contribution is 5.33. The molecule has 14 heavy (non-hydrogen) atoms. The highest BCUT2D eigenvalue weighted by Crippen LogP contribution is 2.46. The molecule has 0 spiro atoms. The topological polar surface area (TPSA) is 48.1 Å². The van der Waals surface area contributed by atoms with Gasteiger partial charge in [0.05, 0.1) is 7.11 Å². The van der Waals surface area contributed by atoms with Gasteiger partial charge >= 0.3 is 0 Å². The molecule has 2 N–H and O–H groups in total. The molecule has 0 radical (unpaired) electrons. The number of pyridine rings is 1. The summed E-state index contributed by atoms with van der Waals surface area (Å²) < 4.78 is 5.12. The minimum atomic E-state index is 0.636. The Morgan fingerprint density at radius 3 is 2.93 bits per heavy atom. The lowest BCUT2D eigenvalue weighted by Gasteiger charge is -2.05. The smallest absolute Gasteiger partial charge is 0.215 e. The van der Waals surface area contributed by atoms with E-state index in [2.05, 4.69) is 11.1 Å². The molecule has 0 unspecified atom stereocenters. The fourth-order valence-corrected chi connectivity index (χ4v) is 1.92.